The van der Waals surface area contributed by atoms with Crippen molar-refractivity contribution in [2.45, 2.75) is 64.0 Å². The summed E-state index contributed by atoms with van der Waals surface area (Å²) in [6.07, 6.45) is 6.62. The van der Waals surface area contributed by atoms with Gasteiger partial charge in [-0.1, -0.05) is 6.42 Å². The second kappa shape index (κ2) is 7.62. The fourth-order valence-corrected chi connectivity index (χ4v) is 3.11. The summed E-state index contributed by atoms with van der Waals surface area (Å²) < 4.78 is 5.06. The topological polar surface area (TPSA) is 67.4 Å². The van der Waals surface area contributed by atoms with Gasteiger partial charge in [0.2, 0.25) is 5.91 Å². The van der Waals surface area contributed by atoms with Crippen LogP contribution in [0.2, 0.25) is 0 Å². The van der Waals surface area contributed by atoms with Crippen LogP contribution in [0, 0.1) is 5.92 Å². The first kappa shape index (κ1) is 15.3. The molecule has 0 spiro atoms. The van der Waals surface area contributed by atoms with Crippen molar-refractivity contribution < 1.29 is 14.3 Å². The van der Waals surface area contributed by atoms with Crippen LogP contribution in [0.15, 0.2) is 0 Å². The van der Waals surface area contributed by atoms with Crippen molar-refractivity contribution in [3.05, 3.63) is 0 Å². The van der Waals surface area contributed by atoms with E-state index in [2.05, 4.69) is 10.6 Å². The number of hydrogen-bond acceptors (Lipinski definition) is 4. The SMILES string of the molecule is CCOC(=O)C1CCC(NC(=O)[C@H]2CCCCN2)CC1. The van der Waals surface area contributed by atoms with Gasteiger partial charge in [0.15, 0.2) is 0 Å². The van der Waals surface area contributed by atoms with Crippen LogP contribution in [0.4, 0.5) is 0 Å². The Labute approximate surface area is 120 Å². The van der Waals surface area contributed by atoms with Crippen LogP contribution in [-0.2, 0) is 14.3 Å². The van der Waals surface area contributed by atoms with Gasteiger partial charge in [-0.25, -0.2) is 0 Å². The number of carbonyl (C=O) groups is 2. The second-order valence-electron chi connectivity index (χ2n) is 5.81. The molecule has 2 N–H and O–H groups in total. The fourth-order valence-electron chi connectivity index (χ4n) is 3.11. The Hall–Kier alpha value is -1.10. The van der Waals surface area contributed by atoms with Gasteiger partial charge in [0.1, 0.15) is 0 Å². The Balaban J connectivity index is 1.71. The lowest BCUT2D eigenvalue weighted by Gasteiger charge is -2.30. The summed E-state index contributed by atoms with van der Waals surface area (Å²) in [6.45, 7) is 3.22. The molecule has 2 aliphatic rings. The maximum atomic E-state index is 12.1. The third-order valence-corrected chi connectivity index (χ3v) is 4.32. The summed E-state index contributed by atoms with van der Waals surface area (Å²) in [7, 11) is 0. The normalized spacial score (nSPS) is 30.6. The third kappa shape index (κ3) is 4.20. The number of piperidine rings is 1. The summed E-state index contributed by atoms with van der Waals surface area (Å²) in [5.74, 6) is 0.0754. The molecule has 0 aromatic heterocycles. The average Bonchev–Trinajstić information content (AvgIpc) is 2.49. The van der Waals surface area contributed by atoms with Crippen LogP contribution in [0.1, 0.15) is 51.9 Å². The summed E-state index contributed by atoms with van der Waals surface area (Å²) in [5, 5.41) is 6.39. The van der Waals surface area contributed by atoms with Gasteiger partial charge in [0, 0.05) is 6.04 Å². The fraction of sp³-hybridized carbons (Fsp3) is 0.867. The second-order valence-corrected chi connectivity index (χ2v) is 5.81. The van der Waals surface area contributed by atoms with E-state index in [1.807, 2.05) is 6.92 Å². The van der Waals surface area contributed by atoms with Crippen LogP contribution >= 0.6 is 0 Å². The molecule has 1 aliphatic carbocycles. The summed E-state index contributed by atoms with van der Waals surface area (Å²) in [4.78, 5) is 23.8. The lowest BCUT2D eigenvalue weighted by molar-refractivity contribution is -0.149. The zero-order valence-electron chi connectivity index (χ0n) is 12.3. The van der Waals surface area contributed by atoms with Gasteiger partial charge in [0.05, 0.1) is 18.6 Å². The van der Waals surface area contributed by atoms with Crippen molar-refractivity contribution in [3.63, 3.8) is 0 Å². The van der Waals surface area contributed by atoms with E-state index in [0.717, 1.165) is 51.5 Å². The highest BCUT2D eigenvalue weighted by Gasteiger charge is 2.29. The van der Waals surface area contributed by atoms with Gasteiger partial charge < -0.3 is 15.4 Å². The molecule has 0 aromatic rings. The first-order valence-corrected chi connectivity index (χ1v) is 7.91. The molecule has 1 heterocycles. The number of amides is 1. The molecule has 2 fully saturated rings. The molecule has 0 aromatic carbocycles. The molecule has 5 nitrogen and oxygen atoms in total. The summed E-state index contributed by atoms with van der Waals surface area (Å²) in [5.41, 5.74) is 0. The Kier molecular flexibility index (Phi) is 5.83. The van der Waals surface area contributed by atoms with Gasteiger partial charge in [-0.2, -0.15) is 0 Å². The highest BCUT2D eigenvalue weighted by atomic mass is 16.5. The molecule has 114 valence electrons. The van der Waals surface area contributed by atoms with E-state index in [0.29, 0.717) is 6.61 Å². The van der Waals surface area contributed by atoms with Crippen molar-refractivity contribution in [2.75, 3.05) is 13.2 Å². The van der Waals surface area contributed by atoms with E-state index in [1.165, 1.54) is 0 Å². The van der Waals surface area contributed by atoms with E-state index in [1.54, 1.807) is 0 Å². The molecule has 1 atom stereocenters. The summed E-state index contributed by atoms with van der Waals surface area (Å²) >= 11 is 0. The zero-order chi connectivity index (χ0) is 14.4. The van der Waals surface area contributed by atoms with Crippen molar-refractivity contribution in [1.29, 1.82) is 0 Å². The minimum atomic E-state index is -0.0776. The van der Waals surface area contributed by atoms with Crippen LogP contribution in [-0.4, -0.2) is 37.1 Å². The molecule has 0 radical (unpaired) electrons. The molecule has 1 saturated carbocycles. The highest BCUT2D eigenvalue weighted by Crippen LogP contribution is 2.25. The third-order valence-electron chi connectivity index (χ3n) is 4.32. The number of carbonyl (C=O) groups excluding carboxylic acids is 2. The number of rotatable bonds is 4. The Morgan fingerprint density at radius 2 is 1.90 bits per heavy atom. The van der Waals surface area contributed by atoms with Crippen LogP contribution in [0.5, 0.6) is 0 Å². The van der Waals surface area contributed by atoms with Crippen molar-refractivity contribution in [3.8, 4) is 0 Å². The Bertz CT molecular complexity index is 332. The van der Waals surface area contributed by atoms with E-state index in [4.69, 9.17) is 4.74 Å². The van der Waals surface area contributed by atoms with E-state index < -0.39 is 0 Å². The minimum absolute atomic E-state index is 0.0217. The quantitative estimate of drug-likeness (QED) is 0.764. The number of esters is 1. The average molecular weight is 282 g/mol. The Morgan fingerprint density at radius 1 is 1.15 bits per heavy atom. The smallest absolute Gasteiger partial charge is 0.308 e. The molecule has 0 unspecified atom stereocenters. The zero-order valence-corrected chi connectivity index (χ0v) is 12.3. The number of nitrogens with one attached hydrogen (secondary N) is 2. The molecule has 1 aliphatic heterocycles. The maximum Gasteiger partial charge on any atom is 0.308 e. The van der Waals surface area contributed by atoms with E-state index in [-0.39, 0.29) is 29.9 Å². The molecular weight excluding hydrogens is 256 g/mol. The van der Waals surface area contributed by atoms with E-state index >= 15 is 0 Å². The standard InChI is InChI=1S/C15H26N2O3/c1-2-20-15(19)11-6-8-12(9-7-11)17-14(18)13-5-3-4-10-16-13/h11-13,16H,2-10H2,1H3,(H,17,18)/t11?,12?,13-/m1/s1. The lowest BCUT2D eigenvalue weighted by Crippen LogP contribution is -2.50. The molecule has 20 heavy (non-hydrogen) atoms. The van der Waals surface area contributed by atoms with Crippen LogP contribution in [0.3, 0.4) is 0 Å². The predicted octanol–water partition coefficient (Wildman–Crippen LogP) is 1.37. The van der Waals surface area contributed by atoms with E-state index in [9.17, 15) is 9.59 Å². The molecule has 2 rings (SSSR count). The van der Waals surface area contributed by atoms with Gasteiger partial charge in [-0.05, 0) is 52.0 Å². The highest BCUT2D eigenvalue weighted by molar-refractivity contribution is 5.82. The maximum absolute atomic E-state index is 12.1. The van der Waals surface area contributed by atoms with Gasteiger partial charge >= 0.3 is 5.97 Å². The lowest BCUT2D eigenvalue weighted by atomic mass is 9.86. The van der Waals surface area contributed by atoms with Gasteiger partial charge in [0.25, 0.3) is 0 Å². The van der Waals surface area contributed by atoms with Crippen molar-refractivity contribution >= 4 is 11.9 Å². The predicted molar refractivity (Wildman–Crippen MR) is 76.2 cm³/mol. The summed E-state index contributed by atoms with van der Waals surface area (Å²) in [6, 6.07) is 0.198. The number of ether oxygens (including phenoxy) is 1. The van der Waals surface area contributed by atoms with Gasteiger partial charge in [-0.15, -0.1) is 0 Å². The minimum Gasteiger partial charge on any atom is -0.466 e. The largest absolute Gasteiger partial charge is 0.466 e. The van der Waals surface area contributed by atoms with Gasteiger partial charge in [-0.3, -0.25) is 9.59 Å². The molecule has 1 saturated heterocycles. The van der Waals surface area contributed by atoms with Crippen molar-refractivity contribution in [2.24, 2.45) is 5.92 Å². The monoisotopic (exact) mass is 282 g/mol. The molecular formula is C15H26N2O3. The molecule has 1 amide bonds. The first-order valence-electron chi connectivity index (χ1n) is 7.91. The van der Waals surface area contributed by atoms with Crippen molar-refractivity contribution in [1.82, 2.24) is 10.6 Å². The first-order chi connectivity index (χ1) is 9.70. The Morgan fingerprint density at radius 3 is 2.50 bits per heavy atom. The number of hydrogen-bond donors (Lipinski definition) is 2. The van der Waals surface area contributed by atoms with Crippen LogP contribution in [0.25, 0.3) is 0 Å². The molecule has 0 bridgehead atoms. The van der Waals surface area contributed by atoms with Crippen LogP contribution < -0.4 is 10.6 Å². The molecule has 5 heteroatoms.